The van der Waals surface area contributed by atoms with Gasteiger partial charge in [0.1, 0.15) is 0 Å². The molecule has 4 atom stereocenters. The molecular formula is C24H29N3O5Si. The summed E-state index contributed by atoms with van der Waals surface area (Å²) in [5.41, 5.74) is 1.08. The van der Waals surface area contributed by atoms with Gasteiger partial charge in [-0.25, -0.2) is 4.68 Å². The second kappa shape index (κ2) is 7.39. The molecule has 1 aromatic heterocycles. The fourth-order valence-electron chi connectivity index (χ4n) is 5.95. The average Bonchev–Trinajstić information content (AvgIpc) is 3.34. The van der Waals surface area contributed by atoms with E-state index in [9.17, 15) is 19.5 Å². The molecule has 0 bridgehead atoms. The van der Waals surface area contributed by atoms with Crippen molar-refractivity contribution in [1.82, 2.24) is 9.78 Å². The van der Waals surface area contributed by atoms with Crippen LogP contribution in [-0.4, -0.2) is 53.7 Å². The number of aromatic nitrogens is 2. The maximum absolute atomic E-state index is 13.7. The van der Waals surface area contributed by atoms with Crippen molar-refractivity contribution >= 4 is 30.8 Å². The molecule has 174 valence electrons. The zero-order valence-electron chi connectivity index (χ0n) is 19.2. The van der Waals surface area contributed by atoms with Crippen molar-refractivity contribution in [3.05, 3.63) is 58.4 Å². The summed E-state index contributed by atoms with van der Waals surface area (Å²) < 4.78 is 8.00. The van der Waals surface area contributed by atoms with E-state index in [0.717, 1.165) is 11.2 Å². The number of nitrogens with zero attached hydrogens (tertiary/aromatic N) is 2. The number of fused-ring (bicyclic) bond motifs is 3. The Labute approximate surface area is 192 Å². The highest BCUT2D eigenvalue weighted by atomic mass is 28.4. The van der Waals surface area contributed by atoms with Crippen LogP contribution in [0.15, 0.2) is 47.3 Å². The Hall–Kier alpha value is -2.72. The first kappa shape index (κ1) is 22.1. The fraction of sp³-hybridized carbons (Fsp3) is 0.417. The van der Waals surface area contributed by atoms with Crippen LogP contribution in [0.5, 0.6) is 0 Å². The number of aliphatic hydroxyl groups excluding tert-OH is 1. The first-order valence-corrected chi connectivity index (χ1v) is 14.3. The molecule has 3 aromatic rings. The molecule has 0 radical (unpaired) electrons. The number of nitrogens with one attached hydrogen (secondary N) is 1. The van der Waals surface area contributed by atoms with Gasteiger partial charge in [0.2, 0.25) is 0 Å². The minimum Gasteiger partial charge on any atom is -0.432 e. The monoisotopic (exact) mass is 467 g/mol. The number of hydrogen-bond donors (Lipinski definition) is 3. The van der Waals surface area contributed by atoms with Gasteiger partial charge in [0, 0.05) is 30.7 Å². The van der Waals surface area contributed by atoms with E-state index in [1.54, 1.807) is 18.0 Å². The lowest BCUT2D eigenvalue weighted by Crippen LogP contribution is -2.45. The largest absolute Gasteiger partial charge is 0.432 e. The molecule has 2 aliphatic rings. The smallest absolute Gasteiger partial charge is 0.279 e. The molecule has 1 fully saturated rings. The van der Waals surface area contributed by atoms with Crippen LogP contribution in [0.4, 0.5) is 5.69 Å². The summed E-state index contributed by atoms with van der Waals surface area (Å²) in [6.07, 6.45) is -0.0826. The lowest BCUT2D eigenvalue weighted by Gasteiger charge is -2.32. The number of carbonyl (C=O) groups excluding carboxylic acids is 1. The number of aliphatic hydroxyl groups is 1. The average molecular weight is 468 g/mol. The van der Waals surface area contributed by atoms with Crippen LogP contribution in [0, 0.1) is 5.92 Å². The van der Waals surface area contributed by atoms with E-state index in [4.69, 9.17) is 4.74 Å². The molecule has 9 heteroatoms. The highest BCUT2D eigenvalue weighted by Crippen LogP contribution is 2.59. The van der Waals surface area contributed by atoms with E-state index in [-0.39, 0.29) is 29.5 Å². The number of rotatable bonds is 4. The number of para-hydroxylation sites is 1. The van der Waals surface area contributed by atoms with Gasteiger partial charge in [0.15, 0.2) is 13.9 Å². The summed E-state index contributed by atoms with van der Waals surface area (Å²) in [4.78, 5) is 39.4. The maximum atomic E-state index is 13.7. The predicted octanol–water partition coefficient (Wildman–Crippen LogP) is 2.48. The molecule has 1 amide bonds. The van der Waals surface area contributed by atoms with Crippen molar-refractivity contribution in [2.45, 2.75) is 43.7 Å². The Morgan fingerprint density at radius 2 is 1.91 bits per heavy atom. The molecule has 3 N–H and O–H groups in total. The molecule has 5 rings (SSSR count). The highest BCUT2D eigenvalue weighted by Gasteiger charge is 2.65. The molecule has 0 saturated carbocycles. The first-order valence-electron chi connectivity index (χ1n) is 11.2. The lowest BCUT2D eigenvalue weighted by molar-refractivity contribution is -0.146. The Kier molecular flexibility index (Phi) is 4.95. The van der Waals surface area contributed by atoms with Crippen LogP contribution in [0.3, 0.4) is 0 Å². The Bertz CT molecular complexity index is 1310. The third-order valence-electron chi connectivity index (χ3n) is 7.36. The van der Waals surface area contributed by atoms with Crippen molar-refractivity contribution in [2.75, 3.05) is 18.6 Å². The highest BCUT2D eigenvalue weighted by molar-refractivity contribution is 6.71. The van der Waals surface area contributed by atoms with E-state index in [0.29, 0.717) is 23.1 Å². The molecule has 2 aliphatic heterocycles. The van der Waals surface area contributed by atoms with Gasteiger partial charge in [0.25, 0.3) is 11.5 Å². The minimum atomic E-state index is -2.73. The number of anilines is 1. The summed E-state index contributed by atoms with van der Waals surface area (Å²) >= 11 is 0. The number of amides is 1. The summed E-state index contributed by atoms with van der Waals surface area (Å²) in [7, 11) is -1.01. The third-order valence-corrected chi connectivity index (χ3v) is 9.87. The van der Waals surface area contributed by atoms with E-state index in [1.807, 2.05) is 56.4 Å². The van der Waals surface area contributed by atoms with Crippen LogP contribution in [0.2, 0.25) is 18.6 Å². The number of ether oxygens (including phenoxy) is 1. The van der Waals surface area contributed by atoms with Gasteiger partial charge in [-0.05, 0) is 49.8 Å². The number of H-pyrrole nitrogens is 1. The summed E-state index contributed by atoms with van der Waals surface area (Å²) in [6, 6.07) is 12.8. The normalized spacial score (nSPS) is 27.2. The van der Waals surface area contributed by atoms with E-state index < -0.39 is 20.0 Å². The Morgan fingerprint density at radius 3 is 2.58 bits per heavy atom. The Morgan fingerprint density at radius 1 is 1.18 bits per heavy atom. The molecule has 8 nitrogen and oxygen atoms in total. The van der Waals surface area contributed by atoms with Crippen molar-refractivity contribution in [3.63, 3.8) is 0 Å². The fourth-order valence-corrected chi connectivity index (χ4v) is 8.55. The molecular weight excluding hydrogens is 438 g/mol. The quantitative estimate of drug-likeness (QED) is 0.511. The minimum absolute atomic E-state index is 0.0875. The van der Waals surface area contributed by atoms with Crippen LogP contribution >= 0.6 is 0 Å². The molecule has 33 heavy (non-hydrogen) atoms. The lowest BCUT2D eigenvalue weighted by atomic mass is 9.82. The number of benzene rings is 2. The number of carbonyl (C=O) groups is 1. The van der Waals surface area contributed by atoms with Crippen LogP contribution in [-0.2, 0) is 15.1 Å². The summed E-state index contributed by atoms with van der Waals surface area (Å²) in [6.45, 7) is 5.57. The van der Waals surface area contributed by atoms with Crippen molar-refractivity contribution in [3.8, 4) is 5.69 Å². The summed E-state index contributed by atoms with van der Waals surface area (Å²) in [5, 5.41) is 13.4. The zero-order valence-corrected chi connectivity index (χ0v) is 20.2. The second-order valence-electron chi connectivity index (χ2n) is 9.74. The standard InChI is InChI=1S/C24H29N3O5Si/c1-14-21(33(3,4)31)20(11-12-28)32-24(14)17-13-15(9-10-19(17)26(2)23(24)30)27-22(29)16-7-5-6-8-18(16)25-27/h5-10,13-14,20-21,25,28,31H,11-12H2,1-4H3/t14-,20+,21-,24+/m1/s1. The summed E-state index contributed by atoms with van der Waals surface area (Å²) in [5.74, 6) is -0.485. The van der Waals surface area contributed by atoms with E-state index in [1.165, 1.54) is 4.68 Å². The van der Waals surface area contributed by atoms with Gasteiger partial charge in [-0.15, -0.1) is 0 Å². The van der Waals surface area contributed by atoms with Crippen molar-refractivity contribution in [2.24, 2.45) is 5.92 Å². The molecule has 2 aromatic carbocycles. The van der Waals surface area contributed by atoms with Gasteiger partial charge in [-0.1, -0.05) is 19.1 Å². The second-order valence-corrected chi connectivity index (χ2v) is 13.7. The van der Waals surface area contributed by atoms with E-state index in [2.05, 4.69) is 5.10 Å². The van der Waals surface area contributed by atoms with Gasteiger partial charge in [-0.3, -0.25) is 14.7 Å². The maximum Gasteiger partial charge on any atom is 0.279 e. The van der Waals surface area contributed by atoms with Gasteiger partial charge in [0.05, 0.1) is 28.4 Å². The zero-order chi connectivity index (χ0) is 23.7. The topological polar surface area (TPSA) is 108 Å². The third kappa shape index (κ3) is 3.00. The van der Waals surface area contributed by atoms with Gasteiger partial charge in [-0.2, -0.15) is 0 Å². The molecule has 1 saturated heterocycles. The predicted molar refractivity (Wildman–Crippen MR) is 128 cm³/mol. The first-order chi connectivity index (χ1) is 15.6. The number of aromatic amines is 1. The molecule has 3 heterocycles. The van der Waals surface area contributed by atoms with Crippen molar-refractivity contribution < 1.29 is 19.4 Å². The molecule has 0 unspecified atom stereocenters. The Balaban J connectivity index is 1.69. The van der Waals surface area contributed by atoms with Gasteiger partial charge < -0.3 is 19.5 Å². The SMILES string of the molecule is C[C@@H]1[C@@H]([Si](C)(C)O)[C@H](CCO)O[C@@]12C(=O)N(C)c1ccc(-n3[nH]c4ccccc4c3=O)cc12. The van der Waals surface area contributed by atoms with Crippen LogP contribution in [0.1, 0.15) is 18.9 Å². The molecule has 1 spiro atoms. The van der Waals surface area contributed by atoms with E-state index >= 15 is 0 Å². The van der Waals surface area contributed by atoms with Crippen LogP contribution in [0.25, 0.3) is 16.6 Å². The number of likely N-dealkylation sites (N-methyl/N-ethyl adjacent to an activating group) is 1. The number of hydrogen-bond acceptors (Lipinski definition) is 5. The van der Waals surface area contributed by atoms with Crippen LogP contribution < -0.4 is 10.5 Å². The van der Waals surface area contributed by atoms with Gasteiger partial charge >= 0.3 is 0 Å². The van der Waals surface area contributed by atoms with Crippen molar-refractivity contribution in [1.29, 1.82) is 0 Å². The molecule has 0 aliphatic carbocycles.